The van der Waals surface area contributed by atoms with Gasteiger partial charge in [-0.05, 0) is 52.5 Å². The van der Waals surface area contributed by atoms with Gasteiger partial charge in [0.2, 0.25) is 5.91 Å². The normalized spacial score (nSPS) is 15.3. The highest BCUT2D eigenvalue weighted by molar-refractivity contribution is 7.10. The van der Waals surface area contributed by atoms with Crippen molar-refractivity contribution in [2.24, 2.45) is 5.92 Å². The van der Waals surface area contributed by atoms with Crippen LogP contribution in [0.1, 0.15) is 61.0 Å². The van der Waals surface area contributed by atoms with Crippen molar-refractivity contribution in [1.82, 2.24) is 10.2 Å². The van der Waals surface area contributed by atoms with E-state index in [-0.39, 0.29) is 23.1 Å². The Labute approximate surface area is 172 Å². The molecule has 5 heteroatoms. The Morgan fingerprint density at radius 3 is 2.39 bits per heavy atom. The average molecular weight is 399 g/mol. The fourth-order valence-corrected chi connectivity index (χ4v) is 4.38. The Bertz CT molecular complexity index is 846. The number of carbonyl (C=O) groups excluding carboxylic acids is 2. The minimum absolute atomic E-state index is 0.00603. The van der Waals surface area contributed by atoms with Gasteiger partial charge in [0.15, 0.2) is 0 Å². The first-order valence-electron chi connectivity index (χ1n) is 9.92. The lowest BCUT2D eigenvalue weighted by molar-refractivity contribution is -0.135. The van der Waals surface area contributed by atoms with E-state index in [9.17, 15) is 9.59 Å². The van der Waals surface area contributed by atoms with Gasteiger partial charge in [-0.2, -0.15) is 0 Å². The molecule has 0 spiro atoms. The first kappa shape index (κ1) is 20.6. The molecule has 0 fully saturated rings. The number of benzene rings is 1. The minimum atomic E-state index is -0.519. The summed E-state index contributed by atoms with van der Waals surface area (Å²) in [7, 11) is 0. The van der Waals surface area contributed by atoms with Crippen LogP contribution in [0.2, 0.25) is 0 Å². The third-order valence-corrected chi connectivity index (χ3v) is 6.37. The van der Waals surface area contributed by atoms with E-state index in [0.717, 1.165) is 6.42 Å². The first-order valence-corrected chi connectivity index (χ1v) is 10.8. The molecule has 3 rings (SSSR count). The van der Waals surface area contributed by atoms with Gasteiger partial charge < -0.3 is 10.2 Å². The number of nitrogens with one attached hydrogen (secondary N) is 1. The molecule has 1 aromatic heterocycles. The van der Waals surface area contributed by atoms with E-state index in [2.05, 4.69) is 37.5 Å². The van der Waals surface area contributed by atoms with E-state index < -0.39 is 6.04 Å². The van der Waals surface area contributed by atoms with Crippen molar-refractivity contribution in [3.63, 3.8) is 0 Å². The maximum Gasteiger partial charge on any atom is 0.251 e. The van der Waals surface area contributed by atoms with Gasteiger partial charge in [0, 0.05) is 23.5 Å². The van der Waals surface area contributed by atoms with Crippen LogP contribution >= 0.6 is 11.3 Å². The number of carbonyl (C=O) groups is 2. The molecule has 0 saturated heterocycles. The van der Waals surface area contributed by atoms with Crippen LogP contribution in [0, 0.1) is 5.92 Å². The second-order valence-electron chi connectivity index (χ2n) is 8.90. The molecule has 1 atom stereocenters. The van der Waals surface area contributed by atoms with Gasteiger partial charge in [-0.1, -0.05) is 46.8 Å². The smallest absolute Gasteiger partial charge is 0.251 e. The van der Waals surface area contributed by atoms with E-state index in [4.69, 9.17) is 0 Å². The number of nitrogens with zero attached hydrogens (tertiary/aromatic N) is 1. The van der Waals surface area contributed by atoms with Crippen molar-refractivity contribution < 1.29 is 9.59 Å². The molecular formula is C23H30N2O2S. The molecule has 28 heavy (non-hydrogen) atoms. The lowest BCUT2D eigenvalue weighted by Gasteiger charge is -2.32. The van der Waals surface area contributed by atoms with Crippen LogP contribution in [0.3, 0.4) is 0 Å². The van der Waals surface area contributed by atoms with Crippen LogP contribution in [-0.4, -0.2) is 29.3 Å². The van der Waals surface area contributed by atoms with Gasteiger partial charge in [0.25, 0.3) is 5.91 Å². The van der Waals surface area contributed by atoms with Crippen LogP contribution in [0.15, 0.2) is 35.7 Å². The Balaban J connectivity index is 1.70. The summed E-state index contributed by atoms with van der Waals surface area (Å²) in [5, 5.41) is 5.06. The fourth-order valence-electron chi connectivity index (χ4n) is 3.49. The average Bonchev–Trinajstić information content (AvgIpc) is 3.12. The lowest BCUT2D eigenvalue weighted by Crippen LogP contribution is -2.52. The maximum absolute atomic E-state index is 13.1. The first-order chi connectivity index (χ1) is 13.2. The van der Waals surface area contributed by atoms with Gasteiger partial charge in [-0.15, -0.1) is 11.3 Å². The minimum Gasteiger partial charge on any atom is -0.340 e. The number of hydrogen-bond donors (Lipinski definition) is 1. The molecule has 0 unspecified atom stereocenters. The molecule has 1 aliphatic heterocycles. The highest BCUT2D eigenvalue weighted by Gasteiger charge is 2.31. The van der Waals surface area contributed by atoms with Crippen molar-refractivity contribution in [2.75, 3.05) is 6.54 Å². The Morgan fingerprint density at radius 1 is 1.11 bits per heavy atom. The molecule has 0 aliphatic carbocycles. The van der Waals surface area contributed by atoms with Crippen LogP contribution in [0.25, 0.3) is 0 Å². The largest absolute Gasteiger partial charge is 0.340 e. The predicted octanol–water partition coefficient (Wildman–Crippen LogP) is 4.38. The third-order valence-electron chi connectivity index (χ3n) is 5.35. The van der Waals surface area contributed by atoms with E-state index in [1.807, 2.05) is 43.0 Å². The molecule has 0 saturated carbocycles. The predicted molar refractivity (Wildman–Crippen MR) is 115 cm³/mol. The Morgan fingerprint density at radius 2 is 1.79 bits per heavy atom. The highest BCUT2D eigenvalue weighted by Crippen LogP contribution is 2.25. The molecule has 2 amide bonds. The molecule has 0 bridgehead atoms. The van der Waals surface area contributed by atoms with Crippen molar-refractivity contribution in [3.05, 3.63) is 57.3 Å². The van der Waals surface area contributed by atoms with Gasteiger partial charge >= 0.3 is 0 Å². The van der Waals surface area contributed by atoms with Crippen LogP contribution in [-0.2, 0) is 23.2 Å². The fraction of sp³-hybridized carbons (Fsp3) is 0.478. The van der Waals surface area contributed by atoms with E-state index in [0.29, 0.717) is 18.7 Å². The van der Waals surface area contributed by atoms with Gasteiger partial charge in [-0.25, -0.2) is 0 Å². The molecule has 4 nitrogen and oxygen atoms in total. The number of fused-ring (bicyclic) bond motifs is 1. The second-order valence-corrected chi connectivity index (χ2v) is 9.90. The van der Waals surface area contributed by atoms with Crippen molar-refractivity contribution in [2.45, 2.75) is 59.0 Å². The van der Waals surface area contributed by atoms with Crippen LogP contribution in [0.5, 0.6) is 0 Å². The summed E-state index contributed by atoms with van der Waals surface area (Å²) in [6.45, 7) is 11.7. The molecule has 1 N–H and O–H groups in total. The van der Waals surface area contributed by atoms with Crippen LogP contribution in [0.4, 0.5) is 0 Å². The molecule has 0 radical (unpaired) electrons. The zero-order chi connectivity index (χ0) is 20.5. The number of amides is 2. The van der Waals surface area contributed by atoms with Crippen molar-refractivity contribution in [3.8, 4) is 0 Å². The summed E-state index contributed by atoms with van der Waals surface area (Å²) >= 11 is 1.76. The van der Waals surface area contributed by atoms with Gasteiger partial charge in [0.1, 0.15) is 6.04 Å². The molecule has 1 aliphatic rings. The Hall–Kier alpha value is -2.14. The summed E-state index contributed by atoms with van der Waals surface area (Å²) < 4.78 is 0. The summed E-state index contributed by atoms with van der Waals surface area (Å²) in [6, 6.07) is 9.24. The van der Waals surface area contributed by atoms with E-state index >= 15 is 0 Å². The topological polar surface area (TPSA) is 49.4 Å². The highest BCUT2D eigenvalue weighted by atomic mass is 32.1. The quantitative estimate of drug-likeness (QED) is 0.831. The summed E-state index contributed by atoms with van der Waals surface area (Å²) in [4.78, 5) is 29.2. The summed E-state index contributed by atoms with van der Waals surface area (Å²) in [5.74, 6) is -0.165. The number of thiophene rings is 1. The zero-order valence-electron chi connectivity index (χ0n) is 17.4. The van der Waals surface area contributed by atoms with Gasteiger partial charge in [-0.3, -0.25) is 9.59 Å². The van der Waals surface area contributed by atoms with E-state index in [1.165, 1.54) is 16.0 Å². The SMILES string of the molecule is CC(C)[C@H](NC(=O)c1ccc(C(C)(C)C)cc1)C(=O)N1CCc2sccc2C1. The van der Waals surface area contributed by atoms with Gasteiger partial charge in [0.05, 0.1) is 0 Å². The second kappa shape index (κ2) is 8.08. The zero-order valence-corrected chi connectivity index (χ0v) is 18.2. The molecular weight excluding hydrogens is 368 g/mol. The Kier molecular flexibility index (Phi) is 5.94. The van der Waals surface area contributed by atoms with Crippen molar-refractivity contribution in [1.29, 1.82) is 0 Å². The molecule has 1 aromatic carbocycles. The van der Waals surface area contributed by atoms with Crippen molar-refractivity contribution >= 4 is 23.2 Å². The van der Waals surface area contributed by atoms with Crippen LogP contribution < -0.4 is 5.32 Å². The number of hydrogen-bond acceptors (Lipinski definition) is 3. The van der Waals surface area contributed by atoms with E-state index in [1.54, 1.807) is 11.3 Å². The third kappa shape index (κ3) is 4.46. The molecule has 150 valence electrons. The standard InChI is InChI=1S/C23H30N2O2S/c1-15(2)20(22(27)25-12-10-19-17(14-25)11-13-28-19)24-21(26)16-6-8-18(9-7-16)23(3,4)5/h6-9,11,13,15,20H,10,12,14H2,1-5H3,(H,24,26)/t20-/m0/s1. The number of rotatable bonds is 4. The molecule has 2 aromatic rings. The monoisotopic (exact) mass is 398 g/mol. The summed E-state index contributed by atoms with van der Waals surface area (Å²) in [5.41, 5.74) is 3.04. The summed E-state index contributed by atoms with van der Waals surface area (Å²) in [6.07, 6.45) is 0.895. The lowest BCUT2D eigenvalue weighted by atomic mass is 9.86. The maximum atomic E-state index is 13.1. The molecule has 2 heterocycles.